The predicted octanol–water partition coefficient (Wildman–Crippen LogP) is 31.8. The number of fused-ring (bicyclic) bond motifs is 10. The van der Waals surface area contributed by atoms with Gasteiger partial charge in [-0.2, -0.15) is 27.5 Å². The second-order valence-electron chi connectivity index (χ2n) is 39.4. The van der Waals surface area contributed by atoms with E-state index in [0.29, 0.717) is 5.75 Å². The molecule has 14 aromatic rings. The number of aliphatic carboxylic acids is 1. The van der Waals surface area contributed by atoms with Gasteiger partial charge in [0.2, 0.25) is 34.1 Å². The molecule has 0 aliphatic carbocycles. The fourth-order valence-electron chi connectivity index (χ4n) is 22.3. The molecule has 0 spiro atoms. The molecule has 0 amide bonds. The molecule has 720 valence electrons. The number of halogens is 1. The number of hydrogen-bond donors (Lipinski definition) is 2. The van der Waals surface area contributed by atoms with Crippen LogP contribution in [0.5, 0.6) is 5.75 Å². The van der Waals surface area contributed by atoms with Crippen LogP contribution in [0.15, 0.2) is 438 Å². The third kappa shape index (κ3) is 21.4. The lowest BCUT2D eigenvalue weighted by Gasteiger charge is -2.21. The van der Waals surface area contributed by atoms with Crippen LogP contribution in [0.2, 0.25) is 0 Å². The number of hydrogen-bond acceptors (Lipinski definition) is 2. The van der Waals surface area contributed by atoms with Crippen LogP contribution in [0, 0.1) is 6.92 Å². The first-order chi connectivity index (χ1) is 69.5. The summed E-state index contributed by atoms with van der Waals surface area (Å²) in [7, 11) is 12.7. The molecule has 6 unspecified atom stereocenters. The lowest BCUT2D eigenvalue weighted by molar-refractivity contribution is -0.401. The summed E-state index contributed by atoms with van der Waals surface area (Å²) in [5, 5.41) is 24.4. The predicted molar refractivity (Wildman–Crippen MR) is 616 cm³/mol. The summed E-state index contributed by atoms with van der Waals surface area (Å²) in [5.41, 5.74) is 30.1. The number of carbonyl (C=O) groups is 1. The summed E-state index contributed by atoms with van der Waals surface area (Å²) in [6.45, 7) is 35.5. The minimum absolute atomic E-state index is 0.0155. The maximum atomic E-state index is 11.8. The number of nitrogens with zero attached hydrogens (tertiary/aromatic N) is 6. The minimum Gasteiger partial charge on any atom is -0.508 e. The molecular formula is C134H135BrN6O3+6. The Morgan fingerprint density at radius 3 is 0.965 bits per heavy atom. The van der Waals surface area contributed by atoms with Crippen LogP contribution in [-0.4, -0.2) is 120 Å². The molecule has 10 heteroatoms. The van der Waals surface area contributed by atoms with Crippen molar-refractivity contribution in [1.82, 2.24) is 0 Å². The molecular weight excluding hydrogens is 1820 g/mol. The van der Waals surface area contributed by atoms with Gasteiger partial charge < -0.3 is 10.2 Å². The highest BCUT2D eigenvalue weighted by atomic mass is 79.9. The topological polar surface area (TPSA) is 75.6 Å². The second kappa shape index (κ2) is 45.2. The molecule has 6 atom stereocenters. The summed E-state index contributed by atoms with van der Waals surface area (Å²) in [6, 6.07) is 115. The van der Waals surface area contributed by atoms with Crippen molar-refractivity contribution in [3.05, 3.63) is 510 Å². The Morgan fingerprint density at radius 1 is 0.285 bits per heavy atom. The van der Waals surface area contributed by atoms with Crippen molar-refractivity contribution in [2.24, 2.45) is 0 Å². The Labute approximate surface area is 862 Å². The Bertz CT molecular complexity index is 7290. The standard InChI is InChI=1S/C25H24N.C24H21NO2.C22H24N.C21H21BrN.C21H21NO.C21H22N/c1-4-18-25(2)22-16-15-20-12-8-9-13-21(20)24(22)26(3)23(25)17-14-19-10-6-5-7-11-19;1-24(16-22(26)27)21(15-12-17-8-4-3-5-9-17)25(2)20-14-13-18-10-6-7-11-19(18)23(20)24;1-5-15-22(3)19-16-17(2)11-13-20(19)23(4)21(22)14-12-18-9-7-6-8-10-18;1-4-14-21(2)18-15-17(22)11-12-19(18)23(3)20(21)13-10-16-8-6-5-7-9-16;1-4-14-21(2)18-15-17(23)11-12-19(18)22(3)20(21)13-10-16-8-6-5-7-9-16;1-4-16-21(2)18-12-8-9-13-19(18)22(3)20(21)15-14-17-10-6-5-7-11-17/h4-17H,1,18H2,2-3H3;3-15H,16H2,1-2H3;5-14,16H,1,15H2,2-4H3;2*4-13,15H,1,14H2,2-3H3;4-15H,1,16H2,2-3H3/q+1;;2*+1;;+1/p+2/b17-14+;15-12+;14-12+;2*13-10+;15-14+. The molecule has 0 saturated carbocycles. The fraction of sp³-hybridized carbons (Fsp3) is 0.187. The number of aromatic hydroxyl groups is 1. The van der Waals surface area contributed by atoms with Crippen molar-refractivity contribution in [1.29, 1.82) is 0 Å². The van der Waals surface area contributed by atoms with Crippen molar-refractivity contribution in [2.75, 3.05) is 42.3 Å². The monoisotopic (exact) mass is 1950 g/mol. The van der Waals surface area contributed by atoms with E-state index in [1.165, 1.54) is 118 Å². The molecule has 6 aliphatic rings. The van der Waals surface area contributed by atoms with E-state index in [2.05, 4.69) is 463 Å². The van der Waals surface area contributed by atoms with Crippen molar-refractivity contribution in [3.63, 3.8) is 0 Å². The van der Waals surface area contributed by atoms with E-state index in [1.807, 2.05) is 135 Å². The van der Waals surface area contributed by atoms with Gasteiger partial charge in [-0.05, 0) is 209 Å². The van der Waals surface area contributed by atoms with Crippen LogP contribution in [0.1, 0.15) is 152 Å². The summed E-state index contributed by atoms with van der Waals surface area (Å²) >= 11 is 3.61. The molecule has 144 heavy (non-hydrogen) atoms. The maximum absolute atomic E-state index is 11.8. The lowest BCUT2D eigenvalue weighted by Crippen LogP contribution is -2.33. The first kappa shape index (κ1) is 103. The Kier molecular flexibility index (Phi) is 32.3. The fourth-order valence-corrected chi connectivity index (χ4v) is 22.7. The van der Waals surface area contributed by atoms with E-state index in [4.69, 9.17) is 0 Å². The van der Waals surface area contributed by atoms with Crippen LogP contribution in [-0.2, 0) is 37.3 Å². The number of aryl methyl sites for hydroxylation is 1. The number of carboxylic acid groups (broad SMARTS) is 1. The number of phenols is 1. The lowest BCUT2D eigenvalue weighted by atomic mass is 9.74. The number of rotatable bonds is 24. The molecule has 0 radical (unpaired) electrons. The minimum atomic E-state index is -0.794. The van der Waals surface area contributed by atoms with Crippen molar-refractivity contribution in [3.8, 4) is 5.75 Å². The van der Waals surface area contributed by atoms with Gasteiger partial charge in [-0.25, -0.2) is 0 Å². The van der Waals surface area contributed by atoms with Gasteiger partial charge in [-0.3, -0.25) is 4.79 Å². The zero-order valence-electron chi connectivity index (χ0n) is 85.7. The van der Waals surface area contributed by atoms with E-state index < -0.39 is 11.4 Å². The van der Waals surface area contributed by atoms with Crippen LogP contribution in [0.3, 0.4) is 0 Å². The van der Waals surface area contributed by atoms with Gasteiger partial charge in [0.05, 0.1) is 44.3 Å². The molecule has 0 saturated heterocycles. The van der Waals surface area contributed by atoms with E-state index in [0.717, 1.165) is 81.1 Å². The molecule has 14 aromatic carbocycles. The molecule has 6 heterocycles. The third-order valence-corrected chi connectivity index (χ3v) is 30.2. The van der Waals surface area contributed by atoms with E-state index >= 15 is 0 Å². The van der Waals surface area contributed by atoms with Crippen molar-refractivity contribution >= 4 is 148 Å². The van der Waals surface area contributed by atoms with Crippen LogP contribution in [0.25, 0.3) is 58.0 Å². The van der Waals surface area contributed by atoms with Gasteiger partial charge in [0.25, 0.3) is 0 Å². The summed E-state index contributed by atoms with van der Waals surface area (Å²) < 4.78 is 14.7. The highest BCUT2D eigenvalue weighted by molar-refractivity contribution is 9.10. The van der Waals surface area contributed by atoms with Crippen LogP contribution >= 0.6 is 15.9 Å². The number of carboxylic acids is 1. The highest BCUT2D eigenvalue weighted by Gasteiger charge is 2.53. The van der Waals surface area contributed by atoms with Crippen LogP contribution < -0.4 is 0 Å². The highest BCUT2D eigenvalue weighted by Crippen LogP contribution is 2.51. The largest absolute Gasteiger partial charge is 0.508 e. The molecule has 20 rings (SSSR count). The number of benzene rings is 14. The Hall–Kier alpha value is -15.5. The Morgan fingerprint density at radius 2 is 0.569 bits per heavy atom. The number of allylic oxidation sites excluding steroid dienone is 11. The summed E-state index contributed by atoms with van der Waals surface area (Å²) in [5.74, 6) is -0.488. The summed E-state index contributed by atoms with van der Waals surface area (Å²) in [6.07, 6.45) is 40.9. The SMILES string of the molecule is C=CCC1(C)C(/C=C/c2ccccc2)=[N+](C)c2c1ccc1ccccc21.C=CCC1(C)C(/C=C/c2ccccc2)=[N+](C)c2ccc(Br)cc21.C=CCC1(C)C(/C=C/c2ccccc2)=[N+](C)c2ccc(C)cc21.C=CCC1(C)C(/C=C/c2ccccc2)=[N+](C)c2ccc(O)cc21.C=CCC1(C)C(/C=C/c2ccccc2)=[N+](C)c2ccccc21.C[N+]1=C(/C=C/c2ccccc2)C(C)(CC(=O)O)c2c1ccc1ccccc21. The Balaban J connectivity index is 0.000000130. The zero-order valence-corrected chi connectivity index (χ0v) is 87.3. The molecule has 2 N–H and O–H groups in total. The molecule has 9 nitrogen and oxygen atoms in total. The van der Waals surface area contributed by atoms with Gasteiger partial charge in [-0.15, -0.1) is 32.9 Å². The number of para-hydroxylation sites is 1. The molecule has 0 bridgehead atoms. The first-order valence-corrected chi connectivity index (χ1v) is 50.5. The van der Waals surface area contributed by atoms with Gasteiger partial charge in [0, 0.05) is 105 Å². The average Bonchev–Trinajstić information content (AvgIpc) is 1.56. The molecule has 6 aliphatic heterocycles. The van der Waals surface area contributed by atoms with Crippen molar-refractivity contribution in [2.45, 2.75) is 119 Å². The average molecular weight is 1960 g/mol. The van der Waals surface area contributed by atoms with Gasteiger partial charge in [0.1, 0.15) is 48.0 Å². The van der Waals surface area contributed by atoms with Gasteiger partial charge in [0.15, 0.2) is 34.3 Å². The van der Waals surface area contributed by atoms with Crippen molar-refractivity contribution < 1.29 is 42.5 Å². The third-order valence-electron chi connectivity index (χ3n) is 29.7. The number of phenolic OH excluding ortho intramolecular Hbond substituents is 1. The van der Waals surface area contributed by atoms with Crippen LogP contribution in [0.4, 0.5) is 34.1 Å². The van der Waals surface area contributed by atoms with E-state index in [-0.39, 0.29) is 33.5 Å². The first-order valence-electron chi connectivity index (χ1n) is 49.7. The zero-order chi connectivity index (χ0) is 102. The maximum Gasteiger partial charge on any atom is 0.304 e. The van der Waals surface area contributed by atoms with Gasteiger partial charge >= 0.3 is 5.97 Å². The smallest absolute Gasteiger partial charge is 0.304 e. The van der Waals surface area contributed by atoms with Gasteiger partial charge in [-0.1, -0.05) is 313 Å². The summed E-state index contributed by atoms with van der Waals surface area (Å²) in [4.78, 5) is 11.8. The molecule has 0 fully saturated rings. The quantitative estimate of drug-likeness (QED) is 0.0468. The normalized spacial score (nSPS) is 19.8. The second-order valence-corrected chi connectivity index (χ2v) is 40.3. The van der Waals surface area contributed by atoms with E-state index in [1.54, 1.807) is 6.07 Å². The van der Waals surface area contributed by atoms with E-state index in [9.17, 15) is 15.0 Å². The molecule has 0 aromatic heterocycles.